The van der Waals surface area contributed by atoms with E-state index in [4.69, 9.17) is 9.84 Å². The Bertz CT molecular complexity index is 420. The molecule has 5 saturated carbocycles. The second-order valence-electron chi connectivity index (χ2n) is 8.84. The molecule has 4 nitrogen and oxygen atoms in total. The maximum absolute atomic E-state index is 13.1. The van der Waals surface area contributed by atoms with Gasteiger partial charge < -0.3 is 15.2 Å². The predicted octanol–water partition coefficient (Wildman–Crippen LogP) is 2.64. The van der Waals surface area contributed by atoms with Crippen LogP contribution >= 0.6 is 0 Å². The molecule has 23 heavy (non-hydrogen) atoms. The highest BCUT2D eigenvalue weighted by molar-refractivity contribution is 5.83. The highest BCUT2D eigenvalue weighted by Gasteiger charge is 2.54. The van der Waals surface area contributed by atoms with Crippen LogP contribution in [0.1, 0.15) is 64.2 Å². The first-order valence-corrected chi connectivity index (χ1v) is 9.66. The molecule has 0 spiro atoms. The molecule has 0 aromatic rings. The largest absolute Gasteiger partial charge is 0.394 e. The summed E-state index contributed by atoms with van der Waals surface area (Å²) in [6, 6.07) is 0. The fourth-order valence-corrected chi connectivity index (χ4v) is 6.47. The van der Waals surface area contributed by atoms with Crippen molar-refractivity contribution in [3.8, 4) is 0 Å². The normalized spacial score (nSPS) is 40.5. The Hall–Kier alpha value is -0.610. The molecular weight excluding hydrogens is 290 g/mol. The molecule has 0 aromatic heterocycles. The number of rotatable bonds is 6. The van der Waals surface area contributed by atoms with Crippen molar-refractivity contribution in [1.29, 1.82) is 0 Å². The van der Waals surface area contributed by atoms with Crippen molar-refractivity contribution in [3.05, 3.63) is 0 Å². The molecule has 0 radical (unpaired) electrons. The first-order chi connectivity index (χ1) is 11.1. The summed E-state index contributed by atoms with van der Waals surface area (Å²) in [4.78, 5) is 13.1. The molecular formula is C19H31NO3. The van der Waals surface area contributed by atoms with Crippen LogP contribution in [0.3, 0.4) is 0 Å². The van der Waals surface area contributed by atoms with Gasteiger partial charge in [-0.1, -0.05) is 12.8 Å². The molecule has 0 atom stereocenters. The third-order valence-electron chi connectivity index (χ3n) is 7.11. The first-order valence-electron chi connectivity index (χ1n) is 9.66. The van der Waals surface area contributed by atoms with Crippen LogP contribution in [0, 0.1) is 23.2 Å². The predicted molar refractivity (Wildman–Crippen MR) is 87.9 cm³/mol. The van der Waals surface area contributed by atoms with E-state index in [1.807, 2.05) is 0 Å². The van der Waals surface area contributed by atoms with Gasteiger partial charge in [-0.05, 0) is 69.1 Å². The fourth-order valence-electron chi connectivity index (χ4n) is 6.47. The first kappa shape index (κ1) is 15.9. The second-order valence-corrected chi connectivity index (χ2v) is 8.84. The number of nitrogens with one attached hydrogen (secondary N) is 1. The SMILES string of the molecule is O=C(NCC1(OCCO)CCCC1)C12CC3CC(CC(C3)C1)C2. The Labute approximate surface area is 139 Å². The van der Waals surface area contributed by atoms with Crippen LogP contribution in [-0.2, 0) is 9.53 Å². The summed E-state index contributed by atoms with van der Waals surface area (Å²) in [5.74, 6) is 2.71. The van der Waals surface area contributed by atoms with Crippen LogP contribution in [0.5, 0.6) is 0 Å². The standard InChI is InChI=1S/C19H31NO3/c21-5-6-23-19(3-1-2-4-19)13-20-17(22)18-10-14-7-15(11-18)9-16(8-14)12-18/h14-16,21H,1-13H2,(H,20,22). The lowest BCUT2D eigenvalue weighted by Gasteiger charge is -2.55. The van der Waals surface area contributed by atoms with Crippen LogP contribution in [0.2, 0.25) is 0 Å². The Morgan fingerprint density at radius 2 is 1.61 bits per heavy atom. The minimum Gasteiger partial charge on any atom is -0.394 e. The van der Waals surface area contributed by atoms with Crippen molar-refractivity contribution >= 4 is 5.91 Å². The van der Waals surface area contributed by atoms with Gasteiger partial charge in [0.1, 0.15) is 0 Å². The van der Waals surface area contributed by atoms with E-state index in [2.05, 4.69) is 5.32 Å². The summed E-state index contributed by atoms with van der Waals surface area (Å²) in [5.41, 5.74) is -0.286. The lowest BCUT2D eigenvalue weighted by Crippen LogP contribution is -2.55. The molecule has 5 aliphatic carbocycles. The Kier molecular flexibility index (Phi) is 4.17. The van der Waals surface area contributed by atoms with E-state index in [-0.39, 0.29) is 17.6 Å². The average molecular weight is 321 g/mol. The highest BCUT2D eigenvalue weighted by Crippen LogP contribution is 2.60. The number of aliphatic hydroxyl groups excluding tert-OH is 1. The van der Waals surface area contributed by atoms with Crippen LogP contribution in [0.25, 0.3) is 0 Å². The summed E-state index contributed by atoms with van der Waals surface area (Å²) in [6.07, 6.45) is 11.8. The molecule has 130 valence electrons. The lowest BCUT2D eigenvalue weighted by atomic mass is 9.49. The zero-order chi connectivity index (χ0) is 15.9. The number of carbonyl (C=O) groups excluding carboxylic acids is 1. The van der Waals surface area contributed by atoms with Crippen LogP contribution < -0.4 is 5.32 Å². The van der Waals surface area contributed by atoms with E-state index in [0.29, 0.717) is 19.1 Å². The van der Waals surface area contributed by atoms with Gasteiger partial charge >= 0.3 is 0 Å². The van der Waals surface area contributed by atoms with E-state index in [1.54, 1.807) is 0 Å². The third-order valence-corrected chi connectivity index (χ3v) is 7.11. The third kappa shape index (κ3) is 2.93. The number of aliphatic hydroxyl groups is 1. The molecule has 0 aliphatic heterocycles. The monoisotopic (exact) mass is 321 g/mol. The minimum atomic E-state index is -0.222. The topological polar surface area (TPSA) is 58.6 Å². The molecule has 4 bridgehead atoms. The van der Waals surface area contributed by atoms with Gasteiger partial charge in [0.05, 0.1) is 18.8 Å². The van der Waals surface area contributed by atoms with E-state index < -0.39 is 0 Å². The lowest BCUT2D eigenvalue weighted by molar-refractivity contribution is -0.148. The molecule has 0 heterocycles. The van der Waals surface area contributed by atoms with Crippen LogP contribution in [-0.4, -0.2) is 36.4 Å². The molecule has 5 aliphatic rings. The van der Waals surface area contributed by atoms with Crippen molar-refractivity contribution in [1.82, 2.24) is 5.32 Å². The Balaban J connectivity index is 1.39. The van der Waals surface area contributed by atoms with E-state index in [9.17, 15) is 4.79 Å². The summed E-state index contributed by atoms with van der Waals surface area (Å²) in [5, 5.41) is 12.3. The number of ether oxygens (including phenoxy) is 1. The van der Waals surface area contributed by atoms with Crippen molar-refractivity contribution in [2.45, 2.75) is 69.8 Å². The van der Waals surface area contributed by atoms with Gasteiger partial charge in [0.25, 0.3) is 0 Å². The van der Waals surface area contributed by atoms with Gasteiger partial charge in [-0.15, -0.1) is 0 Å². The molecule has 1 amide bonds. The Morgan fingerprint density at radius 1 is 1.04 bits per heavy atom. The molecule has 2 N–H and O–H groups in total. The number of hydrogen-bond acceptors (Lipinski definition) is 3. The summed E-state index contributed by atoms with van der Waals surface area (Å²) in [7, 11) is 0. The zero-order valence-corrected chi connectivity index (χ0v) is 14.2. The number of hydrogen-bond donors (Lipinski definition) is 2. The van der Waals surface area contributed by atoms with Crippen molar-refractivity contribution < 1.29 is 14.6 Å². The van der Waals surface area contributed by atoms with Crippen LogP contribution in [0.4, 0.5) is 0 Å². The van der Waals surface area contributed by atoms with Gasteiger partial charge in [0, 0.05) is 12.0 Å². The molecule has 0 aromatic carbocycles. The maximum atomic E-state index is 13.1. The fraction of sp³-hybridized carbons (Fsp3) is 0.947. The number of carbonyl (C=O) groups is 1. The summed E-state index contributed by atoms with van der Waals surface area (Å²) >= 11 is 0. The average Bonchev–Trinajstić information content (AvgIpc) is 2.98. The highest BCUT2D eigenvalue weighted by atomic mass is 16.5. The smallest absolute Gasteiger partial charge is 0.226 e. The van der Waals surface area contributed by atoms with E-state index in [0.717, 1.165) is 49.9 Å². The second kappa shape index (κ2) is 6.03. The van der Waals surface area contributed by atoms with Gasteiger partial charge in [-0.25, -0.2) is 0 Å². The molecule has 5 fully saturated rings. The van der Waals surface area contributed by atoms with Crippen molar-refractivity contribution in [2.75, 3.05) is 19.8 Å². The van der Waals surface area contributed by atoms with Gasteiger partial charge in [0.2, 0.25) is 5.91 Å². The van der Waals surface area contributed by atoms with E-state index in [1.165, 1.54) is 32.1 Å². The quantitative estimate of drug-likeness (QED) is 0.791. The van der Waals surface area contributed by atoms with Crippen molar-refractivity contribution in [2.24, 2.45) is 23.2 Å². The van der Waals surface area contributed by atoms with Crippen molar-refractivity contribution in [3.63, 3.8) is 0 Å². The molecule has 5 rings (SSSR count). The zero-order valence-electron chi connectivity index (χ0n) is 14.2. The van der Waals surface area contributed by atoms with Crippen LogP contribution in [0.15, 0.2) is 0 Å². The number of amides is 1. The summed E-state index contributed by atoms with van der Waals surface area (Å²) < 4.78 is 5.94. The molecule has 4 heteroatoms. The minimum absolute atomic E-state index is 0.0602. The van der Waals surface area contributed by atoms with Gasteiger partial charge in [0.15, 0.2) is 0 Å². The Morgan fingerprint density at radius 3 is 2.13 bits per heavy atom. The van der Waals surface area contributed by atoms with Gasteiger partial charge in [-0.2, -0.15) is 0 Å². The van der Waals surface area contributed by atoms with Gasteiger partial charge in [-0.3, -0.25) is 4.79 Å². The van der Waals surface area contributed by atoms with E-state index >= 15 is 0 Å². The molecule has 0 saturated heterocycles. The molecule has 0 unspecified atom stereocenters. The summed E-state index contributed by atoms with van der Waals surface area (Å²) in [6.45, 7) is 1.07. The maximum Gasteiger partial charge on any atom is 0.226 e.